The van der Waals surface area contributed by atoms with Crippen LogP contribution in [0.25, 0.3) is 0 Å². The molecule has 0 aromatic heterocycles. The highest BCUT2D eigenvalue weighted by atomic mass is 35.5. The molecule has 1 N–H and O–H groups in total. The smallest absolute Gasteiger partial charge is 0.261 e. The zero-order chi connectivity index (χ0) is 26.7. The van der Waals surface area contributed by atoms with Crippen LogP contribution in [0.15, 0.2) is 109 Å². The number of carbonyl (C=O) groups is 2. The summed E-state index contributed by atoms with van der Waals surface area (Å²) in [6.07, 6.45) is 0.345. The Hall–Kier alpha value is -3.80. The average Bonchev–Trinajstić information content (AvgIpc) is 2.95. The van der Waals surface area contributed by atoms with E-state index in [2.05, 4.69) is 5.32 Å². The minimum Gasteiger partial charge on any atom is -0.482 e. The van der Waals surface area contributed by atoms with Crippen molar-refractivity contribution < 1.29 is 14.3 Å². The summed E-state index contributed by atoms with van der Waals surface area (Å²) in [6.45, 7) is 0.300. The van der Waals surface area contributed by atoms with Gasteiger partial charge in [-0.2, -0.15) is 0 Å². The number of halogens is 2. The highest BCUT2D eigenvalue weighted by Crippen LogP contribution is 2.23. The first-order valence-electron chi connectivity index (χ1n) is 12.3. The molecule has 0 fully saturated rings. The molecule has 0 spiro atoms. The molecular weight excluding hydrogens is 519 g/mol. The van der Waals surface area contributed by atoms with Gasteiger partial charge < -0.3 is 15.0 Å². The van der Waals surface area contributed by atoms with E-state index in [9.17, 15) is 9.59 Å². The Morgan fingerprint density at radius 2 is 1.34 bits per heavy atom. The standard InChI is InChI=1S/C31H28Cl2N2O3/c32-26-17-15-24(16-18-26)20-34-31(37)28(19-23-9-3-1-4-10-23)35(21-25-11-5-2-6-12-25)30(36)22-38-29-14-8-7-13-27(29)33/h1-18,28H,19-22H2,(H,34,37)/t28-/m1/s1. The fourth-order valence-electron chi connectivity index (χ4n) is 4.03. The maximum atomic E-state index is 13.7. The summed E-state index contributed by atoms with van der Waals surface area (Å²) >= 11 is 12.2. The third-order valence-corrected chi connectivity index (χ3v) is 6.60. The molecule has 0 aliphatic carbocycles. The van der Waals surface area contributed by atoms with Crippen LogP contribution >= 0.6 is 23.2 Å². The molecule has 4 rings (SSSR count). The largest absolute Gasteiger partial charge is 0.482 e. The number of carbonyl (C=O) groups excluding carboxylic acids is 2. The predicted octanol–water partition coefficient (Wildman–Crippen LogP) is 6.33. The van der Waals surface area contributed by atoms with Crippen molar-refractivity contribution in [2.24, 2.45) is 0 Å². The number of amides is 2. The lowest BCUT2D eigenvalue weighted by molar-refractivity contribution is -0.142. The zero-order valence-electron chi connectivity index (χ0n) is 20.7. The molecule has 0 aliphatic rings. The molecule has 7 heteroatoms. The van der Waals surface area contributed by atoms with Crippen LogP contribution in [-0.2, 0) is 29.1 Å². The Morgan fingerprint density at radius 3 is 2.00 bits per heavy atom. The van der Waals surface area contributed by atoms with Crippen molar-refractivity contribution in [2.45, 2.75) is 25.6 Å². The molecule has 0 bridgehead atoms. The highest BCUT2D eigenvalue weighted by Gasteiger charge is 2.30. The normalized spacial score (nSPS) is 11.4. The van der Waals surface area contributed by atoms with Gasteiger partial charge in [0.05, 0.1) is 5.02 Å². The first kappa shape index (κ1) is 27.2. The van der Waals surface area contributed by atoms with Crippen LogP contribution in [0.2, 0.25) is 10.0 Å². The van der Waals surface area contributed by atoms with E-state index < -0.39 is 6.04 Å². The van der Waals surface area contributed by atoms with E-state index in [0.29, 0.717) is 28.8 Å². The fraction of sp³-hybridized carbons (Fsp3) is 0.161. The maximum Gasteiger partial charge on any atom is 0.261 e. The van der Waals surface area contributed by atoms with E-state index >= 15 is 0 Å². The molecule has 4 aromatic carbocycles. The van der Waals surface area contributed by atoms with Crippen LogP contribution in [0.3, 0.4) is 0 Å². The molecule has 0 unspecified atom stereocenters. The van der Waals surface area contributed by atoms with E-state index in [4.69, 9.17) is 27.9 Å². The van der Waals surface area contributed by atoms with Gasteiger partial charge in [-0.1, -0.05) is 108 Å². The Morgan fingerprint density at radius 1 is 0.737 bits per heavy atom. The quantitative estimate of drug-likeness (QED) is 0.239. The highest BCUT2D eigenvalue weighted by molar-refractivity contribution is 6.32. The van der Waals surface area contributed by atoms with Crippen molar-refractivity contribution in [1.82, 2.24) is 10.2 Å². The van der Waals surface area contributed by atoms with Crippen molar-refractivity contribution in [3.05, 3.63) is 136 Å². The van der Waals surface area contributed by atoms with E-state index in [0.717, 1.165) is 16.7 Å². The number of para-hydroxylation sites is 1. The molecule has 5 nitrogen and oxygen atoms in total. The van der Waals surface area contributed by atoms with Crippen LogP contribution in [0, 0.1) is 0 Å². The predicted molar refractivity (Wildman–Crippen MR) is 151 cm³/mol. The van der Waals surface area contributed by atoms with E-state index in [1.54, 1.807) is 41.3 Å². The number of ether oxygens (including phenoxy) is 1. The van der Waals surface area contributed by atoms with E-state index in [1.807, 2.05) is 72.8 Å². The minimum absolute atomic E-state index is 0.247. The molecule has 4 aromatic rings. The second-order valence-corrected chi connectivity index (χ2v) is 9.62. The lowest BCUT2D eigenvalue weighted by Gasteiger charge is -2.31. The fourth-order valence-corrected chi connectivity index (χ4v) is 4.34. The number of benzene rings is 4. The molecule has 0 heterocycles. The second kappa shape index (κ2) is 13.7. The van der Waals surface area contributed by atoms with Crippen molar-refractivity contribution in [2.75, 3.05) is 6.61 Å². The molecule has 194 valence electrons. The molecule has 1 atom stereocenters. The third-order valence-electron chi connectivity index (χ3n) is 6.03. The molecule has 0 saturated heterocycles. The molecule has 0 saturated carbocycles. The molecular formula is C31H28Cl2N2O3. The molecule has 38 heavy (non-hydrogen) atoms. The first-order chi connectivity index (χ1) is 18.5. The Bertz CT molecular complexity index is 1330. The summed E-state index contributed by atoms with van der Waals surface area (Å²) in [5, 5.41) is 4.04. The zero-order valence-corrected chi connectivity index (χ0v) is 22.2. The SMILES string of the molecule is O=C(NCc1ccc(Cl)cc1)[C@@H](Cc1ccccc1)N(Cc1ccccc1)C(=O)COc1ccccc1Cl. The second-order valence-electron chi connectivity index (χ2n) is 8.78. The summed E-state index contributed by atoms with van der Waals surface area (Å²) < 4.78 is 5.77. The van der Waals surface area contributed by atoms with Gasteiger partial charge >= 0.3 is 0 Å². The van der Waals surface area contributed by atoms with Gasteiger partial charge in [-0.15, -0.1) is 0 Å². The lowest BCUT2D eigenvalue weighted by Crippen LogP contribution is -2.51. The topological polar surface area (TPSA) is 58.6 Å². The van der Waals surface area contributed by atoms with Crippen LogP contribution < -0.4 is 10.1 Å². The van der Waals surface area contributed by atoms with Gasteiger partial charge in [0.25, 0.3) is 5.91 Å². The number of rotatable bonds is 11. The van der Waals surface area contributed by atoms with Gasteiger partial charge in [0.2, 0.25) is 5.91 Å². The van der Waals surface area contributed by atoms with Crippen LogP contribution in [-0.4, -0.2) is 29.4 Å². The lowest BCUT2D eigenvalue weighted by atomic mass is 10.0. The maximum absolute atomic E-state index is 13.7. The average molecular weight is 547 g/mol. The molecule has 2 amide bonds. The summed E-state index contributed by atoms with van der Waals surface area (Å²) in [5.41, 5.74) is 2.75. The molecule has 0 aliphatic heterocycles. The van der Waals surface area contributed by atoms with Gasteiger partial charge in [-0.25, -0.2) is 0 Å². The molecule has 0 radical (unpaired) electrons. The Kier molecular flexibility index (Phi) is 9.79. The third kappa shape index (κ3) is 7.85. The number of hydrogen-bond acceptors (Lipinski definition) is 3. The van der Waals surface area contributed by atoms with Crippen molar-refractivity contribution >= 4 is 35.0 Å². The number of nitrogens with one attached hydrogen (secondary N) is 1. The summed E-state index contributed by atoms with van der Waals surface area (Å²) in [6, 6.07) is 32.7. The van der Waals surface area contributed by atoms with Crippen LogP contribution in [0.1, 0.15) is 16.7 Å². The van der Waals surface area contributed by atoms with Crippen molar-refractivity contribution in [3.8, 4) is 5.75 Å². The van der Waals surface area contributed by atoms with Gasteiger partial charge in [0.15, 0.2) is 6.61 Å². The van der Waals surface area contributed by atoms with Crippen LogP contribution in [0.5, 0.6) is 5.75 Å². The van der Waals surface area contributed by atoms with Crippen molar-refractivity contribution in [1.29, 1.82) is 0 Å². The number of hydrogen-bond donors (Lipinski definition) is 1. The summed E-state index contributed by atoms with van der Waals surface area (Å²) in [7, 11) is 0. The first-order valence-corrected chi connectivity index (χ1v) is 13.0. The monoisotopic (exact) mass is 546 g/mol. The van der Waals surface area contributed by atoms with E-state index in [1.165, 1.54) is 0 Å². The van der Waals surface area contributed by atoms with Crippen LogP contribution in [0.4, 0.5) is 0 Å². The summed E-state index contributed by atoms with van der Waals surface area (Å²) in [4.78, 5) is 28.9. The van der Waals surface area contributed by atoms with Crippen molar-refractivity contribution in [3.63, 3.8) is 0 Å². The van der Waals surface area contributed by atoms with Gasteiger partial charge in [0.1, 0.15) is 11.8 Å². The van der Waals surface area contributed by atoms with Gasteiger partial charge in [0, 0.05) is 24.5 Å². The Balaban J connectivity index is 1.59. The number of nitrogens with zero attached hydrogens (tertiary/aromatic N) is 1. The van der Waals surface area contributed by atoms with Gasteiger partial charge in [-0.3, -0.25) is 9.59 Å². The van der Waals surface area contributed by atoms with E-state index in [-0.39, 0.29) is 25.0 Å². The van der Waals surface area contributed by atoms with Gasteiger partial charge in [-0.05, 0) is 41.0 Å². The Labute approximate surface area is 233 Å². The summed E-state index contributed by atoms with van der Waals surface area (Å²) in [5.74, 6) is -0.170. The minimum atomic E-state index is -0.771.